The van der Waals surface area contributed by atoms with Crippen LogP contribution in [0, 0.1) is 5.41 Å². The zero-order valence-electron chi connectivity index (χ0n) is 16.9. The molecule has 1 saturated carbocycles. The molecule has 3 N–H and O–H groups in total. The molecule has 0 radical (unpaired) electrons. The first kappa shape index (κ1) is 24.9. The van der Waals surface area contributed by atoms with Gasteiger partial charge in [0.1, 0.15) is 0 Å². The number of nitrogens with one attached hydrogen (secondary N) is 2. The van der Waals surface area contributed by atoms with E-state index in [0.717, 1.165) is 37.8 Å². The molecule has 2 aromatic carbocycles. The van der Waals surface area contributed by atoms with Crippen LogP contribution in [0.3, 0.4) is 0 Å². The van der Waals surface area contributed by atoms with Gasteiger partial charge in [-0.25, -0.2) is 0 Å². The molecule has 0 bridgehead atoms. The fourth-order valence-corrected chi connectivity index (χ4v) is 4.46. The minimum Gasteiger partial charge on any atom is -0.389 e. The summed E-state index contributed by atoms with van der Waals surface area (Å²) in [6.07, 6.45) is 6.42. The van der Waals surface area contributed by atoms with Crippen LogP contribution in [0.15, 0.2) is 42.5 Å². The van der Waals surface area contributed by atoms with E-state index in [4.69, 9.17) is 5.41 Å². The second kappa shape index (κ2) is 11.2. The first-order valence-electron chi connectivity index (χ1n) is 9.97. The van der Waals surface area contributed by atoms with Crippen molar-refractivity contribution in [2.45, 2.75) is 69.4 Å². The lowest BCUT2D eigenvalue weighted by Gasteiger charge is -2.40. The third kappa shape index (κ3) is 5.70. The van der Waals surface area contributed by atoms with E-state index >= 15 is 0 Å². The molecule has 0 amide bonds. The maximum Gasteiger partial charge on any atom is 0.0719 e. The molecule has 1 fully saturated rings. The molecule has 2 atom stereocenters. The Labute approximate surface area is 181 Å². The van der Waals surface area contributed by atoms with E-state index in [2.05, 4.69) is 54.7 Å². The summed E-state index contributed by atoms with van der Waals surface area (Å²) in [5.74, 6) is -0.00884. The molecule has 0 saturated heterocycles. The number of fused-ring (bicyclic) bond motifs is 1. The van der Waals surface area contributed by atoms with Crippen LogP contribution in [0.5, 0.6) is 0 Å². The maximum absolute atomic E-state index is 11.6. The van der Waals surface area contributed by atoms with Crippen LogP contribution in [0.2, 0.25) is 0 Å². The van der Waals surface area contributed by atoms with Crippen molar-refractivity contribution in [1.29, 1.82) is 5.41 Å². The Kier molecular flexibility index (Phi) is 9.92. The van der Waals surface area contributed by atoms with Crippen molar-refractivity contribution >= 4 is 41.3 Å². The second-order valence-corrected chi connectivity index (χ2v) is 7.99. The van der Waals surface area contributed by atoms with Gasteiger partial charge in [-0.3, -0.25) is 0 Å². The van der Waals surface area contributed by atoms with Gasteiger partial charge in [-0.05, 0) is 49.6 Å². The molecular formula is C23H34Cl2N2O. The van der Waals surface area contributed by atoms with Gasteiger partial charge in [-0.15, -0.1) is 24.8 Å². The third-order valence-corrected chi connectivity index (χ3v) is 6.06. The van der Waals surface area contributed by atoms with Crippen molar-refractivity contribution in [3.05, 3.63) is 48.0 Å². The number of hydrogen-bond acceptors (Lipinski definition) is 3. The predicted octanol–water partition coefficient (Wildman–Crippen LogP) is 5.87. The Morgan fingerprint density at radius 1 is 1.04 bits per heavy atom. The Morgan fingerprint density at radius 2 is 1.68 bits per heavy atom. The van der Waals surface area contributed by atoms with E-state index in [-0.39, 0.29) is 36.8 Å². The van der Waals surface area contributed by atoms with Gasteiger partial charge >= 0.3 is 0 Å². The molecule has 28 heavy (non-hydrogen) atoms. The van der Waals surface area contributed by atoms with Gasteiger partial charge in [0.2, 0.25) is 0 Å². The molecule has 156 valence electrons. The van der Waals surface area contributed by atoms with Crippen LogP contribution >= 0.6 is 24.8 Å². The summed E-state index contributed by atoms with van der Waals surface area (Å²) < 4.78 is 0. The third-order valence-electron chi connectivity index (χ3n) is 6.06. The molecule has 1 aliphatic carbocycles. The molecule has 1 unspecified atom stereocenters. The average molecular weight is 425 g/mol. The summed E-state index contributed by atoms with van der Waals surface area (Å²) >= 11 is 0. The molecule has 0 aromatic heterocycles. The van der Waals surface area contributed by atoms with Crippen LogP contribution in [-0.4, -0.2) is 29.5 Å². The first-order valence-corrected chi connectivity index (χ1v) is 9.97. The predicted molar refractivity (Wildman–Crippen MR) is 125 cm³/mol. The molecule has 0 heterocycles. The van der Waals surface area contributed by atoms with Crippen molar-refractivity contribution in [3.8, 4) is 0 Å². The zero-order valence-corrected chi connectivity index (χ0v) is 18.5. The lowest BCUT2D eigenvalue weighted by molar-refractivity contribution is -0.0198. The highest BCUT2D eigenvalue weighted by atomic mass is 35.5. The van der Waals surface area contributed by atoms with Crippen molar-refractivity contribution in [1.82, 2.24) is 5.32 Å². The van der Waals surface area contributed by atoms with Crippen LogP contribution in [0.4, 0.5) is 0 Å². The summed E-state index contributed by atoms with van der Waals surface area (Å²) in [4.78, 5) is 0. The topological polar surface area (TPSA) is 56.1 Å². The van der Waals surface area contributed by atoms with Gasteiger partial charge in [0.05, 0.1) is 5.60 Å². The van der Waals surface area contributed by atoms with Crippen LogP contribution in [0.1, 0.15) is 63.4 Å². The lowest BCUT2D eigenvalue weighted by atomic mass is 9.70. The Bertz CT molecular complexity index is 754. The monoisotopic (exact) mass is 424 g/mol. The number of aliphatic hydroxyl groups is 1. The summed E-state index contributed by atoms with van der Waals surface area (Å²) in [7, 11) is 1.94. The van der Waals surface area contributed by atoms with Crippen LogP contribution in [-0.2, 0) is 0 Å². The zero-order chi connectivity index (χ0) is 18.6. The largest absolute Gasteiger partial charge is 0.389 e. The van der Waals surface area contributed by atoms with Crippen molar-refractivity contribution in [2.75, 3.05) is 7.05 Å². The minimum atomic E-state index is -0.697. The molecule has 3 rings (SSSR count). The van der Waals surface area contributed by atoms with E-state index in [1.54, 1.807) is 0 Å². The molecule has 2 aromatic rings. The normalized spacial score (nSPS) is 17.8. The highest BCUT2D eigenvalue weighted by Gasteiger charge is 2.39. The molecule has 1 aliphatic rings. The maximum atomic E-state index is 11.6. The second-order valence-electron chi connectivity index (χ2n) is 7.99. The van der Waals surface area contributed by atoms with Gasteiger partial charge in [0.15, 0.2) is 0 Å². The van der Waals surface area contributed by atoms with Gasteiger partial charge < -0.3 is 15.8 Å². The number of hydrogen-bond donors (Lipinski definition) is 3. The molecular weight excluding hydrogens is 391 g/mol. The number of benzene rings is 2. The van der Waals surface area contributed by atoms with Crippen molar-refractivity contribution < 1.29 is 5.11 Å². The fraction of sp³-hybridized carbons (Fsp3) is 0.522. The Balaban J connectivity index is 0.00000196. The van der Waals surface area contributed by atoms with E-state index in [0.29, 0.717) is 6.42 Å². The van der Waals surface area contributed by atoms with Gasteiger partial charge in [0.25, 0.3) is 0 Å². The van der Waals surface area contributed by atoms with Gasteiger partial charge in [0, 0.05) is 24.1 Å². The summed E-state index contributed by atoms with van der Waals surface area (Å²) in [6.45, 7) is 2.11. The Hall–Kier alpha value is -1.13. The summed E-state index contributed by atoms with van der Waals surface area (Å²) in [5, 5.41) is 25.8. The van der Waals surface area contributed by atoms with E-state index in [1.165, 1.54) is 22.8 Å². The van der Waals surface area contributed by atoms with Crippen LogP contribution < -0.4 is 5.32 Å². The van der Waals surface area contributed by atoms with Crippen LogP contribution in [0.25, 0.3) is 10.8 Å². The van der Waals surface area contributed by atoms with Crippen molar-refractivity contribution in [2.24, 2.45) is 0 Å². The number of halogens is 2. The van der Waals surface area contributed by atoms with E-state index in [9.17, 15) is 5.11 Å². The summed E-state index contributed by atoms with van der Waals surface area (Å²) in [5.41, 5.74) is 1.23. The minimum absolute atomic E-state index is 0. The quantitative estimate of drug-likeness (QED) is 0.486. The number of rotatable bonds is 7. The molecule has 0 spiro atoms. The van der Waals surface area contributed by atoms with E-state index in [1.807, 2.05) is 7.05 Å². The van der Waals surface area contributed by atoms with Gasteiger partial charge in [-0.1, -0.05) is 61.7 Å². The average Bonchev–Trinajstić information content (AvgIpc) is 2.66. The van der Waals surface area contributed by atoms with Crippen molar-refractivity contribution in [3.63, 3.8) is 0 Å². The molecule has 5 heteroatoms. The summed E-state index contributed by atoms with van der Waals surface area (Å²) in [6, 6.07) is 15.1. The SMILES string of the molecule is CN[C@H](C)CC(=N)CC(c1cccc2ccccc12)C1(O)CCCCC1.Cl.Cl. The molecule has 3 nitrogen and oxygen atoms in total. The Morgan fingerprint density at radius 3 is 2.36 bits per heavy atom. The van der Waals surface area contributed by atoms with E-state index < -0.39 is 5.60 Å². The highest BCUT2D eigenvalue weighted by molar-refractivity contribution is 5.88. The standard InChI is InChI=1S/C23H32N2O.2ClH/c1-17(25-2)15-19(24)16-22(23(26)13-6-3-7-14-23)21-12-8-10-18-9-4-5-11-20(18)21;;/h4-5,8-12,17,22,24-26H,3,6-7,13-16H2,1-2H3;2*1H/t17-,22?;;/m1../s1. The fourth-order valence-electron chi connectivity index (χ4n) is 4.46. The first-order chi connectivity index (χ1) is 12.5. The smallest absolute Gasteiger partial charge is 0.0719 e. The molecule has 0 aliphatic heterocycles. The van der Waals surface area contributed by atoms with Gasteiger partial charge in [-0.2, -0.15) is 0 Å². The highest BCUT2D eigenvalue weighted by Crippen LogP contribution is 2.44. The lowest BCUT2D eigenvalue weighted by Crippen LogP contribution is -2.40.